The molecular weight excluding hydrogens is 282 g/mol. The first-order valence-electron chi connectivity index (χ1n) is 7.44. The molecule has 1 aromatic rings. The molecule has 2 amide bonds. The summed E-state index contributed by atoms with van der Waals surface area (Å²) in [7, 11) is 0. The fourth-order valence-corrected chi connectivity index (χ4v) is 2.36. The maximum absolute atomic E-state index is 12.6. The molecule has 5 heteroatoms. The molecule has 0 atom stereocenters. The average Bonchev–Trinajstić information content (AvgIpc) is 2.77. The summed E-state index contributed by atoms with van der Waals surface area (Å²) in [5.41, 5.74) is 0.539. The fourth-order valence-electron chi connectivity index (χ4n) is 2.36. The largest absolute Gasteiger partial charge is 0.462 e. The van der Waals surface area contributed by atoms with Gasteiger partial charge in [0.1, 0.15) is 5.57 Å². The molecule has 0 aliphatic carbocycles. The van der Waals surface area contributed by atoms with Gasteiger partial charge in [0.15, 0.2) is 0 Å². The molecule has 0 saturated heterocycles. The summed E-state index contributed by atoms with van der Waals surface area (Å²) in [4.78, 5) is 38.3. The lowest BCUT2D eigenvalue weighted by Crippen LogP contribution is -2.33. The Morgan fingerprint density at radius 1 is 1.09 bits per heavy atom. The van der Waals surface area contributed by atoms with Gasteiger partial charge in [0.05, 0.1) is 12.2 Å². The summed E-state index contributed by atoms with van der Waals surface area (Å²) in [5, 5.41) is 0. The van der Waals surface area contributed by atoms with Gasteiger partial charge in [0.2, 0.25) is 0 Å². The van der Waals surface area contributed by atoms with Crippen LogP contribution in [0.5, 0.6) is 0 Å². The Kier molecular flexibility index (Phi) is 5.09. The smallest absolute Gasteiger partial charge is 0.344 e. The number of carbonyl (C=O) groups excluding carboxylic acids is 3. The summed E-state index contributed by atoms with van der Waals surface area (Å²) in [6, 6.07) is 8.76. The molecule has 1 aromatic carbocycles. The maximum atomic E-state index is 12.6. The predicted molar refractivity (Wildman–Crippen MR) is 81.6 cm³/mol. The average molecular weight is 301 g/mol. The molecule has 5 nitrogen and oxygen atoms in total. The number of nitrogens with zero attached hydrogens (tertiary/aromatic N) is 1. The first-order chi connectivity index (χ1) is 10.6. The number of ether oxygens (including phenoxy) is 1. The van der Waals surface area contributed by atoms with E-state index in [0.29, 0.717) is 18.5 Å². The van der Waals surface area contributed by atoms with Gasteiger partial charge in [-0.15, -0.1) is 0 Å². The second kappa shape index (κ2) is 7.02. The van der Waals surface area contributed by atoms with Gasteiger partial charge in [0, 0.05) is 6.54 Å². The van der Waals surface area contributed by atoms with Gasteiger partial charge in [-0.1, -0.05) is 43.7 Å². The van der Waals surface area contributed by atoms with Crippen molar-refractivity contribution in [3.05, 3.63) is 41.5 Å². The van der Waals surface area contributed by atoms with Crippen LogP contribution in [-0.4, -0.2) is 35.8 Å². The van der Waals surface area contributed by atoms with E-state index in [1.807, 2.05) is 13.0 Å². The van der Waals surface area contributed by atoms with Crippen molar-refractivity contribution in [3.63, 3.8) is 0 Å². The van der Waals surface area contributed by atoms with Gasteiger partial charge < -0.3 is 4.74 Å². The van der Waals surface area contributed by atoms with Gasteiger partial charge in [-0.2, -0.15) is 0 Å². The topological polar surface area (TPSA) is 63.7 Å². The van der Waals surface area contributed by atoms with E-state index in [-0.39, 0.29) is 17.8 Å². The Bertz CT molecular complexity index is 619. The van der Waals surface area contributed by atoms with Crippen LogP contribution >= 0.6 is 0 Å². The predicted octanol–water partition coefficient (Wildman–Crippen LogP) is 2.17. The maximum Gasteiger partial charge on any atom is 0.344 e. The SMILES string of the molecule is CCCCN1C(=O)C(C(=O)OCC)=C(c2ccccc2)C1=O. The Hall–Kier alpha value is -2.43. The summed E-state index contributed by atoms with van der Waals surface area (Å²) in [6.45, 7) is 4.10. The zero-order valence-corrected chi connectivity index (χ0v) is 12.8. The van der Waals surface area contributed by atoms with E-state index in [2.05, 4.69) is 0 Å². The highest BCUT2D eigenvalue weighted by Gasteiger charge is 2.42. The van der Waals surface area contributed by atoms with Crippen LogP contribution in [0.4, 0.5) is 0 Å². The van der Waals surface area contributed by atoms with E-state index in [0.717, 1.165) is 11.3 Å². The molecule has 0 aromatic heterocycles. The fraction of sp³-hybridized carbons (Fsp3) is 0.353. The molecule has 0 spiro atoms. The Balaban J connectivity index is 2.47. The van der Waals surface area contributed by atoms with Crippen LogP contribution in [0.2, 0.25) is 0 Å². The van der Waals surface area contributed by atoms with E-state index in [9.17, 15) is 14.4 Å². The van der Waals surface area contributed by atoms with Gasteiger partial charge in [0.25, 0.3) is 11.8 Å². The van der Waals surface area contributed by atoms with Crippen LogP contribution in [0, 0.1) is 0 Å². The minimum atomic E-state index is -0.737. The number of esters is 1. The molecule has 1 heterocycles. The second-order valence-corrected chi connectivity index (χ2v) is 4.95. The highest BCUT2D eigenvalue weighted by atomic mass is 16.5. The minimum absolute atomic E-state index is 0.139. The van der Waals surface area contributed by atoms with Crippen molar-refractivity contribution in [2.24, 2.45) is 0 Å². The number of hydrogen-bond donors (Lipinski definition) is 0. The summed E-state index contributed by atoms with van der Waals surface area (Å²) < 4.78 is 4.95. The van der Waals surface area contributed by atoms with Crippen LogP contribution in [0.15, 0.2) is 35.9 Å². The molecule has 0 radical (unpaired) electrons. The van der Waals surface area contributed by atoms with Gasteiger partial charge >= 0.3 is 5.97 Å². The molecular formula is C17H19NO4. The third-order valence-corrected chi connectivity index (χ3v) is 3.45. The molecule has 0 N–H and O–H groups in total. The number of rotatable bonds is 6. The Labute approximate surface area is 129 Å². The third kappa shape index (κ3) is 2.93. The van der Waals surface area contributed by atoms with E-state index < -0.39 is 17.8 Å². The van der Waals surface area contributed by atoms with Gasteiger partial charge in [-0.05, 0) is 18.9 Å². The summed E-state index contributed by atoms with van der Waals surface area (Å²) in [5.74, 6) is -1.72. The van der Waals surface area contributed by atoms with Crippen molar-refractivity contribution in [3.8, 4) is 0 Å². The first kappa shape index (κ1) is 15.9. The number of imide groups is 1. The summed E-state index contributed by atoms with van der Waals surface area (Å²) in [6.07, 6.45) is 1.56. The molecule has 22 heavy (non-hydrogen) atoms. The van der Waals surface area contributed by atoms with E-state index in [4.69, 9.17) is 4.74 Å². The van der Waals surface area contributed by atoms with Crippen LogP contribution in [-0.2, 0) is 19.1 Å². The summed E-state index contributed by atoms with van der Waals surface area (Å²) >= 11 is 0. The zero-order valence-electron chi connectivity index (χ0n) is 12.8. The van der Waals surface area contributed by atoms with Crippen molar-refractivity contribution in [2.45, 2.75) is 26.7 Å². The van der Waals surface area contributed by atoms with Crippen LogP contribution in [0.25, 0.3) is 5.57 Å². The van der Waals surface area contributed by atoms with Crippen molar-refractivity contribution in [2.75, 3.05) is 13.2 Å². The highest BCUT2D eigenvalue weighted by Crippen LogP contribution is 2.30. The van der Waals surface area contributed by atoms with Crippen LogP contribution in [0.1, 0.15) is 32.3 Å². The number of amides is 2. The first-order valence-corrected chi connectivity index (χ1v) is 7.44. The number of unbranched alkanes of at least 4 members (excludes halogenated alkanes) is 1. The number of benzene rings is 1. The molecule has 1 aliphatic rings. The Morgan fingerprint density at radius 2 is 1.77 bits per heavy atom. The molecule has 116 valence electrons. The van der Waals surface area contributed by atoms with Crippen molar-refractivity contribution >= 4 is 23.4 Å². The third-order valence-electron chi connectivity index (χ3n) is 3.45. The standard InChI is InChI=1S/C17H19NO4/c1-3-5-11-18-15(19)13(12-9-7-6-8-10-12)14(16(18)20)17(21)22-4-2/h6-10H,3-5,11H2,1-2H3. The molecule has 2 rings (SSSR count). The quantitative estimate of drug-likeness (QED) is 0.459. The Morgan fingerprint density at radius 3 is 2.36 bits per heavy atom. The number of hydrogen-bond acceptors (Lipinski definition) is 4. The lowest BCUT2D eigenvalue weighted by molar-refractivity contribution is -0.142. The monoisotopic (exact) mass is 301 g/mol. The van der Waals surface area contributed by atoms with Crippen LogP contribution in [0.3, 0.4) is 0 Å². The molecule has 1 aliphatic heterocycles. The molecule has 0 fully saturated rings. The normalized spacial score (nSPS) is 14.7. The van der Waals surface area contributed by atoms with Crippen molar-refractivity contribution < 1.29 is 19.1 Å². The van der Waals surface area contributed by atoms with Gasteiger partial charge in [-0.3, -0.25) is 14.5 Å². The number of carbonyl (C=O) groups is 3. The van der Waals surface area contributed by atoms with E-state index >= 15 is 0 Å². The van der Waals surface area contributed by atoms with Crippen LogP contribution < -0.4 is 0 Å². The highest BCUT2D eigenvalue weighted by molar-refractivity contribution is 6.43. The second-order valence-electron chi connectivity index (χ2n) is 4.95. The van der Waals surface area contributed by atoms with E-state index in [1.54, 1.807) is 31.2 Å². The lowest BCUT2D eigenvalue weighted by atomic mass is 10.0. The van der Waals surface area contributed by atoms with Gasteiger partial charge in [-0.25, -0.2) is 4.79 Å². The lowest BCUT2D eigenvalue weighted by Gasteiger charge is -2.14. The molecule has 0 unspecified atom stereocenters. The van der Waals surface area contributed by atoms with E-state index in [1.165, 1.54) is 0 Å². The van der Waals surface area contributed by atoms with Crippen molar-refractivity contribution in [1.82, 2.24) is 4.90 Å². The zero-order chi connectivity index (χ0) is 16.1. The molecule has 0 bridgehead atoms. The minimum Gasteiger partial charge on any atom is -0.462 e. The molecule has 0 saturated carbocycles. The van der Waals surface area contributed by atoms with Crippen molar-refractivity contribution in [1.29, 1.82) is 0 Å².